The van der Waals surface area contributed by atoms with E-state index in [1.165, 1.54) is 62.5 Å². The van der Waals surface area contributed by atoms with E-state index in [9.17, 15) is 126 Å². The van der Waals surface area contributed by atoms with Crippen molar-refractivity contribution in [1.82, 2.24) is 0 Å². The molecule has 832 valence electrons. The van der Waals surface area contributed by atoms with Crippen molar-refractivity contribution in [2.24, 2.45) is 71.0 Å². The molecule has 0 amide bonds. The van der Waals surface area contributed by atoms with Gasteiger partial charge < -0.3 is 71.1 Å². The van der Waals surface area contributed by atoms with E-state index in [1.807, 2.05) is 0 Å². The second kappa shape index (κ2) is 44.9. The Balaban J connectivity index is 0.000000138. The van der Waals surface area contributed by atoms with Crippen LogP contribution in [0.5, 0.6) is 0 Å². The summed E-state index contributed by atoms with van der Waals surface area (Å²) >= 11 is 0. The van der Waals surface area contributed by atoms with Crippen LogP contribution in [0.25, 0.3) is 0 Å². The van der Waals surface area contributed by atoms with Crippen LogP contribution in [0.1, 0.15) is 152 Å². The molecule has 50 nitrogen and oxygen atoms in total. The zero-order valence-corrected chi connectivity index (χ0v) is 88.4. The second-order valence-corrected chi connectivity index (χ2v) is 53.1. The van der Waals surface area contributed by atoms with Crippen molar-refractivity contribution in [2.45, 2.75) is 298 Å². The van der Waals surface area contributed by atoms with Crippen molar-refractivity contribution in [3.63, 3.8) is 0 Å². The van der Waals surface area contributed by atoms with Crippen molar-refractivity contribution in [2.75, 3.05) is 33.5 Å². The lowest BCUT2D eigenvalue weighted by molar-refractivity contribution is -0.173. The van der Waals surface area contributed by atoms with Crippen molar-refractivity contribution >= 4 is 154 Å². The molecular formula is C93H118O50S7. The number of methoxy groups -OCH3 is 1. The predicted octanol–water partition coefficient (Wildman–Crippen LogP) is 1.63. The fourth-order valence-corrected chi connectivity index (χ4v) is 36.6. The molecule has 20 aliphatic rings. The largest absolute Gasteiger partial charge is 0.462 e. The summed E-state index contributed by atoms with van der Waals surface area (Å²) in [5.74, 6) is -10.1. The molecule has 0 aromatic rings. The van der Waals surface area contributed by atoms with Crippen LogP contribution >= 0.6 is 0 Å². The molecule has 37 atom stereocenters. The highest BCUT2D eigenvalue weighted by Crippen LogP contribution is 2.61. The normalized spacial score (nSPS) is 37.7. The Bertz CT molecular complexity index is 6150. The van der Waals surface area contributed by atoms with E-state index in [-0.39, 0.29) is 125 Å². The Morgan fingerprint density at radius 2 is 0.547 bits per heavy atom. The van der Waals surface area contributed by atoms with Crippen molar-refractivity contribution in [1.29, 1.82) is 0 Å². The lowest BCUT2D eigenvalue weighted by Gasteiger charge is -2.32. The predicted molar refractivity (Wildman–Crippen MR) is 499 cm³/mol. The smallest absolute Gasteiger partial charge is 0.347 e. The molecule has 7 heterocycles. The molecule has 20 rings (SSSR count). The van der Waals surface area contributed by atoms with Crippen LogP contribution < -0.4 is 0 Å². The fourth-order valence-electron chi connectivity index (χ4n) is 23.7. The molecule has 37 unspecified atom stereocenters. The molecule has 0 N–H and O–H groups in total. The molecule has 20 fully saturated rings. The number of ether oxygens (including phenoxy) is 15. The summed E-state index contributed by atoms with van der Waals surface area (Å²) in [4.78, 5) is 161. The minimum atomic E-state index is -3.62. The van der Waals surface area contributed by atoms with E-state index in [0.29, 0.717) is 77.0 Å². The molecule has 13 saturated carbocycles. The lowest BCUT2D eigenvalue weighted by atomic mass is 9.91. The number of carbonyl (C=O) groups is 14. The van der Waals surface area contributed by atoms with Gasteiger partial charge in [0.25, 0.3) is 70.8 Å². The average Bonchev–Trinajstić information content (AvgIpc) is 1.59. The van der Waals surface area contributed by atoms with Crippen LogP contribution in [0.15, 0.2) is 86.1 Å². The highest BCUT2D eigenvalue weighted by atomic mass is 32.2. The lowest BCUT2D eigenvalue weighted by Crippen LogP contribution is -2.46. The highest BCUT2D eigenvalue weighted by Gasteiger charge is 2.72. The maximum absolute atomic E-state index is 12.0. The molecule has 7 saturated heterocycles. The molecule has 7 aliphatic heterocycles. The standard InChI is InChI=1S/C14H20O8S.2C14H18O7S.3C13H16O7S.C12H14O7S/c1-8(2)14(16)20-5-4-12(15)21-13-10(19-3)6-9-7-11(13)22-23(9,17)18;2*1-6(2)13(15)19-7(3)14(16)20-11-8-4-9-10(5-8)22(17,18)21-12(9)11;2*1-6(2)13(15)18-5-10(14)19-11-7-3-8-9(4-7)21(16,17)20-12(8)11;1-3-10(14)18-6(2)13(15)19-11-7-4-8-9(5-7)21(16,17)20-12(8)11;1-2-9(13)17-5-10(14)18-11-6-3-7-8(4-6)20(15,16)19-12(7)11/h9-11,13H,1,4-7H2,2-3H3;2*7-12H,1,4-5H2,2-3H3;2*7-9,11-12H,1,3-5H2,2H3;3,6-9,11-12H,1,4-5H2,2H3;2,6-8,11-12H,1,3-5H2. The number of esters is 14. The average molecular weight is 2260 g/mol. The molecule has 150 heavy (non-hydrogen) atoms. The van der Waals surface area contributed by atoms with Gasteiger partial charge in [-0.1, -0.05) is 46.1 Å². The van der Waals surface area contributed by atoms with Crippen molar-refractivity contribution in [3.05, 3.63) is 86.1 Å². The third-order valence-corrected chi connectivity index (χ3v) is 42.8. The van der Waals surface area contributed by atoms with Gasteiger partial charge in [-0.15, -0.1) is 0 Å². The van der Waals surface area contributed by atoms with Gasteiger partial charge in [-0.05, 0) is 145 Å². The summed E-state index contributed by atoms with van der Waals surface area (Å²) in [6.45, 7) is 33.5. The fraction of sp³-hybridized carbons (Fsp3) is 0.699. The molecule has 13 aliphatic carbocycles. The first-order valence-electron chi connectivity index (χ1n) is 48.2. The minimum absolute atomic E-state index is 0.00284. The van der Waals surface area contributed by atoms with Crippen LogP contribution in [0.4, 0.5) is 0 Å². The van der Waals surface area contributed by atoms with E-state index < -0.39 is 321 Å². The number of hydrogen-bond donors (Lipinski definition) is 0. The summed E-state index contributed by atoms with van der Waals surface area (Å²) in [5.41, 5.74) is 0.993. The zero-order chi connectivity index (χ0) is 110. The first kappa shape index (κ1) is 116. The first-order chi connectivity index (χ1) is 70.0. The highest BCUT2D eigenvalue weighted by molar-refractivity contribution is 7.89. The molecule has 0 aromatic carbocycles. The Hall–Kier alpha value is -9.91. The minimum Gasteiger partial charge on any atom is -0.462 e. The SMILES string of the molecule is C=C(C)C(=O)OC(C)C(=O)OC1C2CC3C1OS(=O)(=O)C3C2.C=C(C)C(=O)OC(C)C(=O)OC1C2CC3C1OS(=O)(=O)C3C2.C=C(C)C(=O)OCC(=O)OC1C2CC3C1OS(=O)(=O)C3C2.C=C(C)C(=O)OCC(=O)OC1C2CC3C1OS(=O)(=O)C3C2.C=C(C)C(=O)OCCC(=O)OC1C(OC)CC2CC1OS2(=O)=O.C=CC(=O)OC(C)C(=O)OC1C2CC3C1OS(=O)(=O)C3C2.C=CC(=O)OCC(=O)OC1C2CC3C1OS(=O)(=O)C3C2. The number of carbonyl (C=O) groups excluding carboxylic acids is 14. The van der Waals surface area contributed by atoms with Crippen LogP contribution in [-0.2, 0) is 238 Å². The zero-order valence-electron chi connectivity index (χ0n) is 82.7. The second-order valence-electron chi connectivity index (χ2n) is 40.6. The topological polar surface area (TPSA) is 681 Å². The monoisotopic (exact) mass is 2260 g/mol. The van der Waals surface area contributed by atoms with Crippen LogP contribution in [0.2, 0.25) is 0 Å². The van der Waals surface area contributed by atoms with Gasteiger partial charge in [0, 0.05) is 118 Å². The van der Waals surface area contributed by atoms with E-state index in [0.717, 1.165) is 12.2 Å². The van der Waals surface area contributed by atoms with Crippen LogP contribution in [-0.4, -0.2) is 323 Å². The van der Waals surface area contributed by atoms with Gasteiger partial charge in [-0.25, -0.2) is 62.3 Å². The van der Waals surface area contributed by atoms with Gasteiger partial charge in [0.1, 0.15) is 86.0 Å². The molecule has 14 bridgehead atoms. The Kier molecular flexibility index (Phi) is 34.6. The summed E-state index contributed by atoms with van der Waals surface area (Å²) in [6.07, 6.45) is -3.09. The summed E-state index contributed by atoms with van der Waals surface area (Å²) in [6, 6.07) is 0. The van der Waals surface area contributed by atoms with Gasteiger partial charge in [0.05, 0.1) is 49.3 Å². The molecule has 57 heteroatoms. The molecular weight excluding hydrogens is 2140 g/mol. The Morgan fingerprint density at radius 1 is 0.293 bits per heavy atom. The van der Waals surface area contributed by atoms with Gasteiger partial charge in [0.15, 0.2) is 44.2 Å². The molecule has 0 aromatic heterocycles. The third-order valence-electron chi connectivity index (χ3n) is 30.4. The maximum atomic E-state index is 12.0. The van der Waals surface area contributed by atoms with E-state index >= 15 is 0 Å². The van der Waals surface area contributed by atoms with Crippen molar-refractivity contribution < 1.29 is 226 Å². The van der Waals surface area contributed by atoms with Gasteiger partial charge >= 0.3 is 83.6 Å². The van der Waals surface area contributed by atoms with Gasteiger partial charge in [-0.2, -0.15) is 58.9 Å². The van der Waals surface area contributed by atoms with Crippen LogP contribution in [0.3, 0.4) is 0 Å². The molecule has 0 spiro atoms. The summed E-state index contributed by atoms with van der Waals surface area (Å²) in [7, 11) is -23.4. The third kappa shape index (κ3) is 24.4. The molecule has 0 radical (unpaired) electrons. The number of rotatable bonds is 30. The van der Waals surface area contributed by atoms with Gasteiger partial charge in [0.2, 0.25) is 0 Å². The Labute approximate surface area is 864 Å². The number of hydrogen-bond acceptors (Lipinski definition) is 50. The van der Waals surface area contributed by atoms with E-state index in [4.69, 9.17) is 95.6 Å². The van der Waals surface area contributed by atoms with Crippen LogP contribution in [0, 0.1) is 71.0 Å². The van der Waals surface area contributed by atoms with E-state index in [2.05, 4.69) is 50.8 Å². The quantitative estimate of drug-likeness (QED) is 0.0427. The van der Waals surface area contributed by atoms with E-state index in [1.54, 1.807) is 0 Å². The van der Waals surface area contributed by atoms with Gasteiger partial charge in [-0.3, -0.25) is 34.1 Å². The number of fused-ring (bicyclic) bond motifs is 8. The Morgan fingerprint density at radius 3 is 0.813 bits per heavy atom. The first-order valence-corrected chi connectivity index (χ1v) is 58.5. The van der Waals surface area contributed by atoms with Crippen molar-refractivity contribution in [3.8, 4) is 0 Å². The summed E-state index contributed by atoms with van der Waals surface area (Å²) < 4.78 is 276. The summed E-state index contributed by atoms with van der Waals surface area (Å²) in [5, 5.41) is -3.37. The maximum Gasteiger partial charge on any atom is 0.347 e.